The number of hydrogen-bond acceptors (Lipinski definition) is 3. The van der Waals surface area contributed by atoms with Crippen molar-refractivity contribution < 1.29 is 15.3 Å². The molecule has 0 radical (unpaired) electrons. The molecule has 0 aromatic heterocycles. The van der Waals surface area contributed by atoms with Gasteiger partial charge < -0.3 is 15.3 Å². The number of aliphatic hydroxyl groups is 3. The highest BCUT2D eigenvalue weighted by Crippen LogP contribution is 2.60. The first kappa shape index (κ1) is 23.8. The molecule has 0 unspecified atom stereocenters. The third-order valence-corrected chi connectivity index (χ3v) is 8.47. The van der Waals surface area contributed by atoms with Gasteiger partial charge in [0, 0.05) is 0 Å². The summed E-state index contributed by atoms with van der Waals surface area (Å²) in [5.41, 5.74) is 3.11. The fraction of sp³-hybridized carbons (Fsp3) is 0.778. The zero-order valence-corrected chi connectivity index (χ0v) is 19.7. The normalized spacial score (nSPS) is 37.4. The van der Waals surface area contributed by atoms with Crippen LogP contribution in [0, 0.1) is 23.2 Å². The second-order valence-electron chi connectivity index (χ2n) is 11.4. The number of allylic oxidation sites excluding steroid dienone is 3. The van der Waals surface area contributed by atoms with E-state index in [0.29, 0.717) is 35.7 Å². The quantitative estimate of drug-likeness (QED) is 0.486. The summed E-state index contributed by atoms with van der Waals surface area (Å²) < 4.78 is 0. The van der Waals surface area contributed by atoms with Crippen LogP contribution in [0.3, 0.4) is 0 Å². The molecule has 3 nitrogen and oxygen atoms in total. The minimum Gasteiger partial charge on any atom is -0.390 e. The third kappa shape index (κ3) is 5.29. The van der Waals surface area contributed by atoms with E-state index in [2.05, 4.69) is 32.6 Å². The summed E-state index contributed by atoms with van der Waals surface area (Å²) in [5, 5.41) is 30.3. The number of hydrogen-bond donors (Lipinski definition) is 3. The largest absolute Gasteiger partial charge is 0.390 e. The van der Waals surface area contributed by atoms with Gasteiger partial charge in [-0.2, -0.15) is 0 Å². The summed E-state index contributed by atoms with van der Waals surface area (Å²) in [6.45, 7) is 12.6. The van der Waals surface area contributed by atoms with Gasteiger partial charge in [0.2, 0.25) is 0 Å². The van der Waals surface area contributed by atoms with E-state index in [1.165, 1.54) is 38.5 Å². The van der Waals surface area contributed by atoms with Gasteiger partial charge in [0.25, 0.3) is 0 Å². The highest BCUT2D eigenvalue weighted by atomic mass is 16.3. The average Bonchev–Trinajstić information content (AvgIpc) is 3.00. The second kappa shape index (κ2) is 9.30. The molecule has 3 heteroatoms. The molecule has 3 fully saturated rings. The molecule has 0 aromatic carbocycles. The Bertz CT molecular complexity index is 667. The van der Waals surface area contributed by atoms with Gasteiger partial charge in [-0.25, -0.2) is 0 Å². The Balaban J connectivity index is 1.67. The molecule has 0 bridgehead atoms. The molecule has 3 saturated carbocycles. The highest BCUT2D eigenvalue weighted by Gasteiger charge is 2.50. The summed E-state index contributed by atoms with van der Waals surface area (Å²) in [7, 11) is 0. The maximum Gasteiger partial charge on any atom is 0.0809 e. The van der Waals surface area contributed by atoms with E-state index in [1.807, 2.05) is 13.8 Å². The number of aliphatic hydroxyl groups excluding tert-OH is 2. The lowest BCUT2D eigenvalue weighted by Gasteiger charge is -2.44. The molecule has 0 saturated heterocycles. The Hall–Kier alpha value is -0.900. The molecular formula is C27H44O3. The van der Waals surface area contributed by atoms with Crippen molar-refractivity contribution in [3.8, 4) is 0 Å². The van der Waals surface area contributed by atoms with Crippen molar-refractivity contribution in [2.75, 3.05) is 0 Å². The van der Waals surface area contributed by atoms with Crippen LogP contribution in [0.4, 0.5) is 0 Å². The van der Waals surface area contributed by atoms with Gasteiger partial charge in [-0.05, 0) is 94.0 Å². The van der Waals surface area contributed by atoms with Crippen molar-refractivity contribution in [1.29, 1.82) is 0 Å². The van der Waals surface area contributed by atoms with Crippen LogP contribution in [0.25, 0.3) is 0 Å². The Morgan fingerprint density at radius 3 is 2.47 bits per heavy atom. The average molecular weight is 417 g/mol. The zero-order valence-electron chi connectivity index (χ0n) is 19.7. The maximum absolute atomic E-state index is 10.1. The van der Waals surface area contributed by atoms with Gasteiger partial charge in [-0.3, -0.25) is 0 Å². The minimum absolute atomic E-state index is 0.386. The van der Waals surface area contributed by atoms with Gasteiger partial charge in [0.1, 0.15) is 0 Å². The minimum atomic E-state index is -0.615. The van der Waals surface area contributed by atoms with E-state index in [1.54, 1.807) is 5.57 Å². The van der Waals surface area contributed by atoms with E-state index >= 15 is 0 Å². The smallest absolute Gasteiger partial charge is 0.0809 e. The lowest BCUT2D eigenvalue weighted by Crippen LogP contribution is -2.36. The van der Waals surface area contributed by atoms with Gasteiger partial charge in [0.15, 0.2) is 0 Å². The fourth-order valence-corrected chi connectivity index (χ4v) is 6.70. The zero-order chi connectivity index (χ0) is 22.1. The van der Waals surface area contributed by atoms with Crippen LogP contribution in [-0.2, 0) is 0 Å². The Kier molecular flexibility index (Phi) is 7.37. The molecular weight excluding hydrogens is 372 g/mol. The molecule has 0 aromatic rings. The molecule has 170 valence electrons. The van der Waals surface area contributed by atoms with Crippen LogP contribution >= 0.6 is 0 Å². The molecule has 30 heavy (non-hydrogen) atoms. The molecule has 3 aliphatic carbocycles. The van der Waals surface area contributed by atoms with Gasteiger partial charge in [-0.1, -0.05) is 56.6 Å². The lowest BCUT2D eigenvalue weighted by atomic mass is 9.60. The van der Waals surface area contributed by atoms with E-state index in [-0.39, 0.29) is 0 Å². The first-order chi connectivity index (χ1) is 14.0. The third-order valence-electron chi connectivity index (χ3n) is 8.47. The summed E-state index contributed by atoms with van der Waals surface area (Å²) in [5.74, 6) is 2.13. The van der Waals surface area contributed by atoms with Crippen molar-refractivity contribution >= 4 is 0 Å². The molecule has 0 aliphatic heterocycles. The van der Waals surface area contributed by atoms with E-state index in [4.69, 9.17) is 0 Å². The summed E-state index contributed by atoms with van der Waals surface area (Å²) in [6.07, 6.45) is 14.0. The highest BCUT2D eigenvalue weighted by molar-refractivity contribution is 5.29. The van der Waals surface area contributed by atoms with Gasteiger partial charge >= 0.3 is 0 Å². The standard InChI is InChI=1S/C27H44O3/c1-18(8-6-14-26(3,4)30)22-12-13-23-21(9-7-15-27(22,23)5)11-10-20-16-24(28)19(2)25(29)17-20/h10-11,18,22-25,28-30H,2,6-9,12-17H2,1,3-5H3/t18-,22+,23-,24+,25+,27+/m0/s1. The number of rotatable bonds is 6. The van der Waals surface area contributed by atoms with Crippen LogP contribution in [-0.4, -0.2) is 33.1 Å². The SMILES string of the molecule is C=C1[C@H](O)CC(=CC=C2CCC[C@]3(C)[C@@H]([C@@H](C)CCCC(C)(C)O)CC[C@@H]23)C[C@H]1O. The molecule has 0 heterocycles. The Labute approximate surface area is 184 Å². The predicted molar refractivity (Wildman–Crippen MR) is 124 cm³/mol. The summed E-state index contributed by atoms with van der Waals surface area (Å²) in [4.78, 5) is 0. The molecule has 6 atom stereocenters. The number of fused-ring (bicyclic) bond motifs is 1. The topological polar surface area (TPSA) is 60.7 Å². The van der Waals surface area contributed by atoms with Crippen molar-refractivity contribution in [1.82, 2.24) is 0 Å². The van der Waals surface area contributed by atoms with Crippen LogP contribution in [0.2, 0.25) is 0 Å². The Morgan fingerprint density at radius 2 is 1.83 bits per heavy atom. The second-order valence-corrected chi connectivity index (χ2v) is 11.4. The van der Waals surface area contributed by atoms with Crippen molar-refractivity contribution in [2.45, 2.75) is 110 Å². The first-order valence-corrected chi connectivity index (χ1v) is 12.2. The Morgan fingerprint density at radius 1 is 1.17 bits per heavy atom. The lowest BCUT2D eigenvalue weighted by molar-refractivity contribution is 0.0596. The summed E-state index contributed by atoms with van der Waals surface area (Å²) in [6, 6.07) is 0. The van der Waals surface area contributed by atoms with Crippen LogP contribution < -0.4 is 0 Å². The van der Waals surface area contributed by atoms with Gasteiger partial charge in [-0.15, -0.1) is 0 Å². The maximum atomic E-state index is 10.1. The molecule has 3 aliphatic rings. The predicted octanol–water partition coefficient (Wildman–Crippen LogP) is 5.70. The molecule has 0 spiro atoms. The van der Waals surface area contributed by atoms with E-state index in [0.717, 1.165) is 24.3 Å². The fourth-order valence-electron chi connectivity index (χ4n) is 6.70. The van der Waals surface area contributed by atoms with E-state index in [9.17, 15) is 15.3 Å². The van der Waals surface area contributed by atoms with Crippen molar-refractivity contribution in [3.63, 3.8) is 0 Å². The first-order valence-electron chi connectivity index (χ1n) is 12.2. The van der Waals surface area contributed by atoms with Crippen LogP contribution in [0.15, 0.2) is 35.5 Å². The van der Waals surface area contributed by atoms with Crippen LogP contribution in [0.1, 0.15) is 91.9 Å². The van der Waals surface area contributed by atoms with Gasteiger partial charge in [0.05, 0.1) is 17.8 Å². The van der Waals surface area contributed by atoms with Crippen molar-refractivity contribution in [3.05, 3.63) is 35.5 Å². The summed E-state index contributed by atoms with van der Waals surface area (Å²) >= 11 is 0. The molecule has 0 amide bonds. The van der Waals surface area contributed by atoms with Crippen LogP contribution in [0.5, 0.6) is 0 Å². The monoisotopic (exact) mass is 416 g/mol. The van der Waals surface area contributed by atoms with E-state index < -0.39 is 17.8 Å². The molecule has 3 rings (SSSR count). The van der Waals surface area contributed by atoms with Crippen molar-refractivity contribution in [2.24, 2.45) is 23.2 Å². The molecule has 3 N–H and O–H groups in total.